The lowest BCUT2D eigenvalue weighted by molar-refractivity contribution is -0.0708. The third kappa shape index (κ3) is 4.77. The van der Waals surface area contributed by atoms with Crippen molar-refractivity contribution in [2.45, 2.75) is 92.0 Å². The minimum atomic E-state index is -0.735. The van der Waals surface area contributed by atoms with Crippen molar-refractivity contribution in [3.63, 3.8) is 0 Å². The van der Waals surface area contributed by atoms with Crippen molar-refractivity contribution in [1.82, 2.24) is 14.8 Å². The summed E-state index contributed by atoms with van der Waals surface area (Å²) in [4.78, 5) is 33.2. The number of aryl methyl sites for hydroxylation is 2. The Morgan fingerprint density at radius 1 is 1.11 bits per heavy atom. The highest BCUT2D eigenvalue weighted by molar-refractivity contribution is 6.00. The molecule has 7 nitrogen and oxygen atoms in total. The molecule has 0 radical (unpaired) electrons. The molecule has 1 amide bonds. The van der Waals surface area contributed by atoms with E-state index in [0.717, 1.165) is 65.8 Å². The quantitative estimate of drug-likeness (QED) is 0.569. The Morgan fingerprint density at radius 3 is 2.39 bits per heavy atom. The predicted molar refractivity (Wildman–Crippen MR) is 142 cm³/mol. The van der Waals surface area contributed by atoms with Crippen molar-refractivity contribution in [1.29, 1.82) is 0 Å². The zero-order valence-electron chi connectivity index (χ0n) is 23.1. The summed E-state index contributed by atoms with van der Waals surface area (Å²) in [7, 11) is 4.25. The van der Waals surface area contributed by atoms with Crippen LogP contribution in [0.25, 0.3) is 0 Å². The Kier molecular flexibility index (Phi) is 7.24. The molecular formula is C29H41N3O4. The van der Waals surface area contributed by atoms with E-state index in [9.17, 15) is 9.59 Å². The molecule has 3 heterocycles. The standard InChI is InChI=1S/C29H41N3O4/c1-9-21(31(7)8)11-10-13-29(6)35-25-19(4)22-12-14-32(28(34)24(22)20(5)26(25)36-29)16-23-17(2)15-18(3)30-27(23)33/h15,21H,9-14,16H2,1-8H3,(H,30,33). The van der Waals surface area contributed by atoms with Crippen LogP contribution in [0, 0.1) is 27.7 Å². The molecule has 196 valence electrons. The molecule has 1 aromatic heterocycles. The number of hydrogen-bond acceptors (Lipinski definition) is 5. The Morgan fingerprint density at radius 2 is 1.78 bits per heavy atom. The van der Waals surface area contributed by atoms with Gasteiger partial charge in [-0.15, -0.1) is 0 Å². The topological polar surface area (TPSA) is 74.9 Å². The Bertz CT molecular complexity index is 1230. The average molecular weight is 496 g/mol. The van der Waals surface area contributed by atoms with E-state index >= 15 is 0 Å². The van der Waals surface area contributed by atoms with Gasteiger partial charge in [0.25, 0.3) is 11.5 Å². The normalized spacial score (nSPS) is 19.7. The molecule has 2 unspecified atom stereocenters. The van der Waals surface area contributed by atoms with Crippen molar-refractivity contribution < 1.29 is 14.3 Å². The second-order valence-electron chi connectivity index (χ2n) is 10.9. The second-order valence-corrected chi connectivity index (χ2v) is 10.9. The van der Waals surface area contributed by atoms with Gasteiger partial charge < -0.3 is 24.3 Å². The van der Waals surface area contributed by atoms with Crippen molar-refractivity contribution in [2.75, 3.05) is 20.6 Å². The van der Waals surface area contributed by atoms with Crippen LogP contribution in [0.5, 0.6) is 11.5 Å². The largest absolute Gasteiger partial charge is 0.448 e. The first-order chi connectivity index (χ1) is 17.0. The monoisotopic (exact) mass is 495 g/mol. The number of nitrogens with zero attached hydrogens (tertiary/aromatic N) is 2. The van der Waals surface area contributed by atoms with Crippen LogP contribution in [0.2, 0.25) is 0 Å². The lowest BCUT2D eigenvalue weighted by Gasteiger charge is -2.31. The summed E-state index contributed by atoms with van der Waals surface area (Å²) in [5.74, 6) is 0.683. The minimum absolute atomic E-state index is 0.0481. The lowest BCUT2D eigenvalue weighted by atomic mass is 9.89. The van der Waals surface area contributed by atoms with Gasteiger partial charge in [0, 0.05) is 48.3 Å². The number of rotatable bonds is 8. The van der Waals surface area contributed by atoms with Crippen LogP contribution in [-0.2, 0) is 13.0 Å². The van der Waals surface area contributed by atoms with Crippen LogP contribution in [0.15, 0.2) is 10.9 Å². The first-order valence-corrected chi connectivity index (χ1v) is 13.1. The molecule has 36 heavy (non-hydrogen) atoms. The summed E-state index contributed by atoms with van der Waals surface area (Å²) in [5, 5.41) is 0. The molecule has 0 fully saturated rings. The molecule has 1 N–H and O–H groups in total. The molecule has 2 aliphatic heterocycles. The zero-order chi connectivity index (χ0) is 26.4. The van der Waals surface area contributed by atoms with Gasteiger partial charge in [0.05, 0.1) is 6.54 Å². The fourth-order valence-electron chi connectivity index (χ4n) is 5.82. The van der Waals surface area contributed by atoms with Crippen molar-refractivity contribution in [2.24, 2.45) is 0 Å². The molecule has 4 rings (SSSR count). The number of amides is 1. The molecule has 0 aliphatic carbocycles. The van der Waals surface area contributed by atoms with Gasteiger partial charge in [-0.2, -0.15) is 0 Å². The number of aromatic amines is 1. The van der Waals surface area contributed by atoms with E-state index in [1.807, 2.05) is 40.7 Å². The zero-order valence-corrected chi connectivity index (χ0v) is 23.1. The van der Waals surface area contributed by atoms with Crippen LogP contribution < -0.4 is 15.0 Å². The highest BCUT2D eigenvalue weighted by Gasteiger charge is 2.42. The van der Waals surface area contributed by atoms with E-state index in [-0.39, 0.29) is 11.5 Å². The first kappa shape index (κ1) is 26.3. The van der Waals surface area contributed by atoms with Gasteiger partial charge in [-0.1, -0.05) is 6.92 Å². The van der Waals surface area contributed by atoms with E-state index in [1.54, 1.807) is 4.90 Å². The fraction of sp³-hybridized carbons (Fsp3) is 0.586. The number of benzene rings is 1. The molecule has 0 saturated heterocycles. The molecule has 0 bridgehead atoms. The summed E-state index contributed by atoms with van der Waals surface area (Å²) in [6.07, 6.45) is 4.71. The van der Waals surface area contributed by atoms with Gasteiger partial charge in [0.15, 0.2) is 11.5 Å². The fourth-order valence-corrected chi connectivity index (χ4v) is 5.82. The summed E-state index contributed by atoms with van der Waals surface area (Å²) in [6, 6.07) is 2.50. The average Bonchev–Trinajstić information content (AvgIpc) is 3.16. The highest BCUT2D eigenvalue weighted by Crippen LogP contribution is 2.49. The van der Waals surface area contributed by atoms with E-state index in [1.165, 1.54) is 0 Å². The Balaban J connectivity index is 1.57. The molecule has 2 aromatic rings. The van der Waals surface area contributed by atoms with Crippen LogP contribution in [0.1, 0.15) is 83.4 Å². The maximum absolute atomic E-state index is 13.7. The molecule has 0 spiro atoms. The van der Waals surface area contributed by atoms with Gasteiger partial charge in [-0.3, -0.25) is 9.59 Å². The van der Waals surface area contributed by atoms with E-state index in [0.29, 0.717) is 36.0 Å². The van der Waals surface area contributed by atoms with Crippen LogP contribution >= 0.6 is 0 Å². The molecular weight excluding hydrogens is 454 g/mol. The number of fused-ring (bicyclic) bond motifs is 2. The number of carbonyl (C=O) groups excluding carboxylic acids is 1. The summed E-state index contributed by atoms with van der Waals surface area (Å²) in [6.45, 7) is 12.9. The molecule has 7 heteroatoms. The lowest BCUT2D eigenvalue weighted by Crippen LogP contribution is -2.39. The van der Waals surface area contributed by atoms with E-state index in [2.05, 4.69) is 30.9 Å². The van der Waals surface area contributed by atoms with E-state index < -0.39 is 5.79 Å². The highest BCUT2D eigenvalue weighted by atomic mass is 16.7. The maximum Gasteiger partial charge on any atom is 0.254 e. The number of nitrogens with one attached hydrogen (secondary N) is 1. The number of hydrogen-bond donors (Lipinski definition) is 1. The maximum atomic E-state index is 13.7. The number of carbonyl (C=O) groups is 1. The second kappa shape index (κ2) is 9.92. The summed E-state index contributed by atoms with van der Waals surface area (Å²) < 4.78 is 12.9. The van der Waals surface area contributed by atoms with Crippen LogP contribution in [0.3, 0.4) is 0 Å². The van der Waals surface area contributed by atoms with Gasteiger partial charge in [-0.25, -0.2) is 0 Å². The number of aromatic nitrogens is 1. The van der Waals surface area contributed by atoms with Crippen LogP contribution in [0.4, 0.5) is 0 Å². The number of pyridine rings is 1. The minimum Gasteiger partial charge on any atom is -0.448 e. The van der Waals surface area contributed by atoms with Gasteiger partial charge in [0.2, 0.25) is 5.79 Å². The number of ether oxygens (including phenoxy) is 2. The molecule has 1 aromatic carbocycles. The molecule has 2 aliphatic rings. The number of H-pyrrole nitrogens is 1. The summed E-state index contributed by atoms with van der Waals surface area (Å²) >= 11 is 0. The first-order valence-electron chi connectivity index (χ1n) is 13.1. The third-order valence-electron chi connectivity index (χ3n) is 8.00. The summed E-state index contributed by atoms with van der Waals surface area (Å²) in [5.41, 5.74) is 5.81. The van der Waals surface area contributed by atoms with Crippen LogP contribution in [-0.4, -0.2) is 53.2 Å². The SMILES string of the molecule is CCC(CCCC1(C)Oc2c(C)c3c(c(C)c2O1)C(=O)N(Cc1c(C)cc(C)[nH]c1=O)CC3)N(C)C. The Labute approximate surface area is 214 Å². The van der Waals surface area contributed by atoms with Gasteiger partial charge in [0.1, 0.15) is 0 Å². The van der Waals surface area contributed by atoms with E-state index in [4.69, 9.17) is 9.47 Å². The molecule has 0 saturated carbocycles. The third-order valence-corrected chi connectivity index (χ3v) is 8.00. The van der Waals surface area contributed by atoms with Crippen molar-refractivity contribution in [3.8, 4) is 11.5 Å². The smallest absolute Gasteiger partial charge is 0.254 e. The predicted octanol–water partition coefficient (Wildman–Crippen LogP) is 4.80. The van der Waals surface area contributed by atoms with Crippen molar-refractivity contribution >= 4 is 5.91 Å². The van der Waals surface area contributed by atoms with Gasteiger partial charge in [-0.05, 0) is 90.2 Å². The Hall–Kier alpha value is -2.80. The van der Waals surface area contributed by atoms with Gasteiger partial charge >= 0.3 is 0 Å². The molecule has 2 atom stereocenters. The van der Waals surface area contributed by atoms with Crippen molar-refractivity contribution in [3.05, 3.63) is 55.5 Å².